The molecule has 0 unspecified atom stereocenters. The molecule has 1 aliphatic carbocycles. The van der Waals surface area contributed by atoms with E-state index in [1.54, 1.807) is 7.05 Å². The van der Waals surface area contributed by atoms with Gasteiger partial charge in [0.25, 0.3) is 5.91 Å². The molecule has 7 nitrogen and oxygen atoms in total. The van der Waals surface area contributed by atoms with Gasteiger partial charge >= 0.3 is 0 Å². The molecule has 19 heavy (non-hydrogen) atoms. The Morgan fingerprint density at radius 2 is 2.16 bits per heavy atom. The molecule has 3 N–H and O–H groups in total. The predicted octanol–water partition coefficient (Wildman–Crippen LogP) is -0.0832. The van der Waals surface area contributed by atoms with Gasteiger partial charge in [-0.05, 0) is 12.8 Å². The Kier molecular flexibility index (Phi) is 4.27. The number of nitrogens with one attached hydrogen (secondary N) is 3. The van der Waals surface area contributed by atoms with E-state index in [1.807, 2.05) is 0 Å². The minimum Gasteiger partial charge on any atom is -0.372 e. The second-order valence-corrected chi connectivity index (χ2v) is 4.39. The third-order valence-corrected chi connectivity index (χ3v) is 2.70. The van der Waals surface area contributed by atoms with Gasteiger partial charge in [-0.15, -0.1) is 0 Å². The summed E-state index contributed by atoms with van der Waals surface area (Å²) in [6.07, 6.45) is 5.32. The van der Waals surface area contributed by atoms with E-state index in [0.717, 1.165) is 12.8 Å². The highest BCUT2D eigenvalue weighted by Crippen LogP contribution is 2.18. The van der Waals surface area contributed by atoms with E-state index in [-0.39, 0.29) is 23.9 Å². The largest absolute Gasteiger partial charge is 0.372 e. The van der Waals surface area contributed by atoms with Crippen molar-refractivity contribution in [1.82, 2.24) is 20.6 Å². The lowest BCUT2D eigenvalue weighted by Crippen LogP contribution is -2.32. The topological polar surface area (TPSA) is 96.0 Å². The van der Waals surface area contributed by atoms with Crippen LogP contribution in [0.2, 0.25) is 0 Å². The Labute approximate surface area is 111 Å². The van der Waals surface area contributed by atoms with Crippen LogP contribution in [0.25, 0.3) is 0 Å². The maximum atomic E-state index is 11.8. The van der Waals surface area contributed by atoms with Crippen LogP contribution in [-0.4, -0.2) is 41.4 Å². The first kappa shape index (κ1) is 13.3. The molecule has 0 aromatic carbocycles. The Hall–Kier alpha value is -2.18. The van der Waals surface area contributed by atoms with Gasteiger partial charge in [0.05, 0.1) is 12.4 Å². The van der Waals surface area contributed by atoms with E-state index in [0.29, 0.717) is 18.4 Å². The maximum Gasteiger partial charge on any atom is 0.271 e. The van der Waals surface area contributed by atoms with Crippen LogP contribution in [0, 0.1) is 0 Å². The van der Waals surface area contributed by atoms with Crippen LogP contribution < -0.4 is 16.0 Å². The van der Waals surface area contributed by atoms with Crippen LogP contribution in [0.4, 0.5) is 5.82 Å². The van der Waals surface area contributed by atoms with Gasteiger partial charge < -0.3 is 16.0 Å². The lowest BCUT2D eigenvalue weighted by Gasteiger charge is -2.06. The molecule has 1 fully saturated rings. The molecule has 2 rings (SSSR count). The van der Waals surface area contributed by atoms with E-state index in [4.69, 9.17) is 0 Å². The number of nitrogens with zero attached hydrogens (tertiary/aromatic N) is 2. The zero-order valence-corrected chi connectivity index (χ0v) is 10.8. The van der Waals surface area contributed by atoms with Gasteiger partial charge in [-0.2, -0.15) is 0 Å². The fraction of sp³-hybridized carbons (Fsp3) is 0.500. The zero-order valence-electron chi connectivity index (χ0n) is 10.8. The van der Waals surface area contributed by atoms with Gasteiger partial charge in [-0.25, -0.2) is 4.98 Å². The Morgan fingerprint density at radius 3 is 2.84 bits per heavy atom. The molecule has 102 valence electrons. The molecule has 0 radical (unpaired) electrons. The molecule has 0 saturated heterocycles. The van der Waals surface area contributed by atoms with Crippen LogP contribution in [0.15, 0.2) is 12.4 Å². The fourth-order valence-corrected chi connectivity index (χ4v) is 1.50. The maximum absolute atomic E-state index is 11.8. The van der Waals surface area contributed by atoms with Gasteiger partial charge in [0.2, 0.25) is 5.91 Å². The number of amides is 2. The molecule has 1 aromatic heterocycles. The van der Waals surface area contributed by atoms with E-state index >= 15 is 0 Å². The summed E-state index contributed by atoms with van der Waals surface area (Å²) < 4.78 is 0. The molecule has 1 saturated carbocycles. The normalized spacial score (nSPS) is 13.7. The highest BCUT2D eigenvalue weighted by Gasteiger charge is 2.22. The number of anilines is 1. The molecule has 0 spiro atoms. The SMILES string of the molecule is CNc1cncc(C(=O)NCCC(=O)NC2CC2)n1. The molecule has 0 atom stereocenters. The van der Waals surface area contributed by atoms with Crippen molar-refractivity contribution in [2.45, 2.75) is 25.3 Å². The van der Waals surface area contributed by atoms with Crippen molar-refractivity contribution in [3.63, 3.8) is 0 Å². The summed E-state index contributed by atoms with van der Waals surface area (Å²) in [6, 6.07) is 0.348. The molecule has 1 aromatic rings. The highest BCUT2D eigenvalue weighted by molar-refractivity contribution is 5.92. The van der Waals surface area contributed by atoms with Gasteiger partial charge in [-0.1, -0.05) is 0 Å². The summed E-state index contributed by atoms with van der Waals surface area (Å²) in [5.74, 6) is 0.167. The summed E-state index contributed by atoms with van der Waals surface area (Å²) in [5, 5.41) is 8.31. The fourth-order valence-electron chi connectivity index (χ4n) is 1.50. The summed E-state index contributed by atoms with van der Waals surface area (Å²) in [4.78, 5) is 31.1. The minimum absolute atomic E-state index is 0.0298. The first-order chi connectivity index (χ1) is 9.19. The average molecular weight is 263 g/mol. The Balaban J connectivity index is 1.75. The summed E-state index contributed by atoms with van der Waals surface area (Å²) in [7, 11) is 1.70. The highest BCUT2D eigenvalue weighted by atomic mass is 16.2. The van der Waals surface area contributed by atoms with Crippen LogP contribution in [0.5, 0.6) is 0 Å². The Bertz CT molecular complexity index is 473. The molecular weight excluding hydrogens is 246 g/mol. The lowest BCUT2D eigenvalue weighted by molar-refractivity contribution is -0.121. The molecule has 0 bridgehead atoms. The number of hydrogen-bond acceptors (Lipinski definition) is 5. The van der Waals surface area contributed by atoms with Crippen LogP contribution in [0.3, 0.4) is 0 Å². The van der Waals surface area contributed by atoms with Gasteiger partial charge in [0.1, 0.15) is 11.5 Å². The smallest absolute Gasteiger partial charge is 0.271 e. The summed E-state index contributed by atoms with van der Waals surface area (Å²) >= 11 is 0. The number of aromatic nitrogens is 2. The molecule has 2 amide bonds. The van der Waals surface area contributed by atoms with Crippen molar-refractivity contribution in [3.05, 3.63) is 18.1 Å². The lowest BCUT2D eigenvalue weighted by atomic mass is 10.3. The van der Waals surface area contributed by atoms with Crippen molar-refractivity contribution in [2.24, 2.45) is 0 Å². The average Bonchev–Trinajstić information content (AvgIpc) is 3.22. The van der Waals surface area contributed by atoms with Crippen molar-refractivity contribution < 1.29 is 9.59 Å². The van der Waals surface area contributed by atoms with Crippen molar-refractivity contribution in [1.29, 1.82) is 0 Å². The number of carbonyl (C=O) groups is 2. The van der Waals surface area contributed by atoms with Gasteiger partial charge in [0.15, 0.2) is 0 Å². The second kappa shape index (κ2) is 6.12. The molecule has 0 aliphatic heterocycles. The predicted molar refractivity (Wildman–Crippen MR) is 69.7 cm³/mol. The van der Waals surface area contributed by atoms with Crippen molar-refractivity contribution >= 4 is 17.6 Å². The summed E-state index contributed by atoms with van der Waals surface area (Å²) in [6.45, 7) is 0.294. The molecule has 1 aliphatic rings. The van der Waals surface area contributed by atoms with Gasteiger partial charge in [0, 0.05) is 26.1 Å². The minimum atomic E-state index is -0.330. The zero-order chi connectivity index (χ0) is 13.7. The van der Waals surface area contributed by atoms with Crippen molar-refractivity contribution in [3.8, 4) is 0 Å². The number of rotatable bonds is 6. The first-order valence-corrected chi connectivity index (χ1v) is 6.26. The van der Waals surface area contributed by atoms with Gasteiger partial charge in [-0.3, -0.25) is 14.6 Å². The van der Waals surface area contributed by atoms with E-state index < -0.39 is 0 Å². The van der Waals surface area contributed by atoms with Crippen molar-refractivity contribution in [2.75, 3.05) is 18.9 Å². The summed E-state index contributed by atoms with van der Waals surface area (Å²) in [5.41, 5.74) is 0.231. The molecular formula is C12H17N5O2. The Morgan fingerprint density at radius 1 is 1.37 bits per heavy atom. The number of carbonyl (C=O) groups excluding carboxylic acids is 2. The van der Waals surface area contributed by atoms with E-state index in [2.05, 4.69) is 25.9 Å². The molecule has 1 heterocycles. The quantitative estimate of drug-likeness (QED) is 0.667. The standard InChI is InChI=1S/C12H17N5O2/c1-13-10-7-14-6-9(17-10)12(19)15-5-4-11(18)16-8-2-3-8/h6-8H,2-5H2,1H3,(H,13,17)(H,15,19)(H,16,18). The first-order valence-electron chi connectivity index (χ1n) is 6.26. The van der Waals surface area contributed by atoms with Crippen LogP contribution in [-0.2, 0) is 4.79 Å². The third kappa shape index (κ3) is 4.20. The third-order valence-electron chi connectivity index (χ3n) is 2.70. The second-order valence-electron chi connectivity index (χ2n) is 4.39. The van der Waals surface area contributed by atoms with Crippen LogP contribution in [0.1, 0.15) is 29.8 Å². The monoisotopic (exact) mass is 263 g/mol. The molecule has 7 heteroatoms. The van der Waals surface area contributed by atoms with Crippen LogP contribution >= 0.6 is 0 Å². The number of hydrogen-bond donors (Lipinski definition) is 3. The van der Waals surface area contributed by atoms with E-state index in [9.17, 15) is 9.59 Å². The van der Waals surface area contributed by atoms with E-state index in [1.165, 1.54) is 12.4 Å².